The molecule has 0 aliphatic carbocycles. The van der Waals surface area contributed by atoms with Crippen LogP contribution in [0, 0.1) is 0 Å². The molecule has 23 heavy (non-hydrogen) atoms. The molecule has 2 aromatic carbocycles. The van der Waals surface area contributed by atoms with Crippen molar-refractivity contribution in [3.05, 3.63) is 64.1 Å². The van der Waals surface area contributed by atoms with E-state index in [9.17, 15) is 9.59 Å². The third kappa shape index (κ3) is 3.05. The Bertz CT molecular complexity index is 744. The average Bonchev–Trinajstić information content (AvgIpc) is 2.81. The van der Waals surface area contributed by atoms with Gasteiger partial charge in [0.25, 0.3) is 5.91 Å². The fourth-order valence-electron chi connectivity index (χ4n) is 2.70. The first-order valence-electron chi connectivity index (χ1n) is 7.13. The van der Waals surface area contributed by atoms with E-state index in [1.54, 1.807) is 18.2 Å². The predicted molar refractivity (Wildman–Crippen MR) is 91.1 cm³/mol. The highest BCUT2D eigenvalue weighted by Crippen LogP contribution is 2.30. The van der Waals surface area contributed by atoms with Gasteiger partial charge in [-0.25, -0.2) is 9.69 Å². The second kappa shape index (κ2) is 6.22. The quantitative estimate of drug-likeness (QED) is 0.844. The Balaban J connectivity index is 1.91. The Labute approximate surface area is 144 Å². The standard InChI is InChI=1S/C17H14Cl2N2O2/c1-10(11-5-3-2-4-6-11)15-16(22)21(17(23)20-15)14-8-12(18)7-13(19)9-14/h2-10,15H,1H3,(H,20,23)/t10-,15+/m0/s1. The van der Waals surface area contributed by atoms with Crippen LogP contribution >= 0.6 is 23.2 Å². The van der Waals surface area contributed by atoms with Crippen LogP contribution in [0.2, 0.25) is 10.0 Å². The second-order valence-electron chi connectivity index (χ2n) is 5.43. The zero-order chi connectivity index (χ0) is 16.6. The van der Waals surface area contributed by atoms with Gasteiger partial charge in [-0.15, -0.1) is 0 Å². The number of carbonyl (C=O) groups is 2. The number of rotatable bonds is 3. The molecule has 1 aliphatic heterocycles. The highest BCUT2D eigenvalue weighted by Gasteiger charge is 2.42. The van der Waals surface area contributed by atoms with Crippen LogP contribution in [0.3, 0.4) is 0 Å². The highest BCUT2D eigenvalue weighted by molar-refractivity contribution is 6.35. The molecule has 6 heteroatoms. The van der Waals surface area contributed by atoms with Crippen molar-refractivity contribution in [1.29, 1.82) is 0 Å². The van der Waals surface area contributed by atoms with Gasteiger partial charge in [-0.2, -0.15) is 0 Å². The summed E-state index contributed by atoms with van der Waals surface area (Å²) in [6, 6.07) is 13.1. The second-order valence-corrected chi connectivity index (χ2v) is 6.30. The Morgan fingerprint density at radius 1 is 1.04 bits per heavy atom. The van der Waals surface area contributed by atoms with Crippen LogP contribution in [0.15, 0.2) is 48.5 Å². The number of anilines is 1. The molecule has 2 atom stereocenters. The summed E-state index contributed by atoms with van der Waals surface area (Å²) in [6.07, 6.45) is 0. The molecule has 1 fully saturated rings. The number of halogens is 2. The first-order chi connectivity index (χ1) is 11.0. The number of hydrogen-bond acceptors (Lipinski definition) is 2. The lowest BCUT2D eigenvalue weighted by Gasteiger charge is -2.18. The monoisotopic (exact) mass is 348 g/mol. The predicted octanol–water partition coefficient (Wildman–Crippen LogP) is 4.22. The molecule has 0 aromatic heterocycles. The van der Waals surface area contributed by atoms with Crippen LogP contribution in [0.25, 0.3) is 0 Å². The van der Waals surface area contributed by atoms with Crippen molar-refractivity contribution in [2.24, 2.45) is 0 Å². The van der Waals surface area contributed by atoms with Gasteiger partial charge in [-0.05, 0) is 23.8 Å². The SMILES string of the molecule is C[C@@H](c1ccccc1)[C@H]1NC(=O)N(c2cc(Cl)cc(Cl)c2)C1=O. The summed E-state index contributed by atoms with van der Waals surface area (Å²) in [4.78, 5) is 26.1. The Kier molecular flexibility index (Phi) is 4.28. The van der Waals surface area contributed by atoms with Crippen molar-refractivity contribution >= 4 is 40.8 Å². The third-order valence-electron chi connectivity index (χ3n) is 3.90. The molecule has 0 radical (unpaired) electrons. The normalized spacial score (nSPS) is 18.9. The lowest BCUT2D eigenvalue weighted by Crippen LogP contribution is -2.34. The summed E-state index contributed by atoms with van der Waals surface area (Å²) in [5, 5.41) is 3.48. The van der Waals surface area contributed by atoms with Crippen LogP contribution in [0.5, 0.6) is 0 Å². The van der Waals surface area contributed by atoms with Crippen LogP contribution in [-0.2, 0) is 4.79 Å². The van der Waals surface area contributed by atoms with Crippen LogP contribution in [0.4, 0.5) is 10.5 Å². The number of nitrogens with zero attached hydrogens (tertiary/aromatic N) is 1. The number of carbonyl (C=O) groups excluding carboxylic acids is 2. The van der Waals surface area contributed by atoms with E-state index in [1.165, 1.54) is 0 Å². The maximum Gasteiger partial charge on any atom is 0.329 e. The van der Waals surface area contributed by atoms with Gasteiger partial charge < -0.3 is 5.32 Å². The fraction of sp³-hybridized carbons (Fsp3) is 0.176. The van der Waals surface area contributed by atoms with Crippen molar-refractivity contribution in [2.75, 3.05) is 4.90 Å². The summed E-state index contributed by atoms with van der Waals surface area (Å²) in [5.41, 5.74) is 1.35. The van der Waals surface area contributed by atoms with E-state index in [4.69, 9.17) is 23.2 Å². The number of hydrogen-bond donors (Lipinski definition) is 1. The Hall–Kier alpha value is -2.04. The van der Waals surface area contributed by atoms with Gasteiger partial charge in [0.15, 0.2) is 0 Å². The largest absolute Gasteiger partial charge is 0.329 e. The topological polar surface area (TPSA) is 49.4 Å². The number of nitrogens with one attached hydrogen (secondary N) is 1. The summed E-state index contributed by atoms with van der Waals surface area (Å²) in [6.45, 7) is 1.91. The van der Waals surface area contributed by atoms with Gasteiger partial charge in [0.2, 0.25) is 0 Å². The molecule has 118 valence electrons. The zero-order valence-corrected chi connectivity index (χ0v) is 13.8. The molecule has 4 nitrogen and oxygen atoms in total. The van der Waals surface area contributed by atoms with Crippen molar-refractivity contribution in [2.45, 2.75) is 18.9 Å². The summed E-state index contributed by atoms with van der Waals surface area (Å²) < 4.78 is 0. The van der Waals surface area contributed by atoms with E-state index >= 15 is 0 Å². The molecule has 0 spiro atoms. The lowest BCUT2D eigenvalue weighted by molar-refractivity contribution is -0.118. The van der Waals surface area contributed by atoms with Gasteiger partial charge in [0.05, 0.1) is 5.69 Å². The summed E-state index contributed by atoms with van der Waals surface area (Å²) in [7, 11) is 0. The maximum atomic E-state index is 12.7. The first kappa shape index (κ1) is 15.8. The molecule has 1 aliphatic rings. The van der Waals surface area contributed by atoms with E-state index < -0.39 is 12.1 Å². The highest BCUT2D eigenvalue weighted by atomic mass is 35.5. The first-order valence-corrected chi connectivity index (χ1v) is 7.88. The van der Waals surface area contributed by atoms with Crippen molar-refractivity contribution in [3.8, 4) is 0 Å². The lowest BCUT2D eigenvalue weighted by atomic mass is 9.93. The molecule has 1 heterocycles. The number of amides is 3. The Morgan fingerprint density at radius 2 is 1.65 bits per heavy atom. The van der Waals surface area contributed by atoms with Gasteiger partial charge in [0, 0.05) is 16.0 Å². The minimum atomic E-state index is -0.623. The van der Waals surface area contributed by atoms with Gasteiger partial charge >= 0.3 is 6.03 Å². The van der Waals surface area contributed by atoms with Crippen molar-refractivity contribution < 1.29 is 9.59 Å². The van der Waals surface area contributed by atoms with Crippen LogP contribution in [0.1, 0.15) is 18.4 Å². The van der Waals surface area contributed by atoms with Gasteiger partial charge in [0.1, 0.15) is 6.04 Å². The minimum Gasteiger partial charge on any atom is -0.325 e. The van der Waals surface area contributed by atoms with E-state index in [0.717, 1.165) is 10.5 Å². The number of urea groups is 1. The molecular formula is C17H14Cl2N2O2. The Morgan fingerprint density at radius 3 is 2.26 bits per heavy atom. The molecule has 1 N–H and O–H groups in total. The van der Waals surface area contributed by atoms with E-state index in [-0.39, 0.29) is 11.8 Å². The molecule has 3 rings (SSSR count). The molecule has 0 unspecified atom stereocenters. The zero-order valence-electron chi connectivity index (χ0n) is 12.3. The maximum absolute atomic E-state index is 12.7. The van der Waals surface area contributed by atoms with E-state index in [2.05, 4.69) is 5.32 Å². The molecule has 3 amide bonds. The van der Waals surface area contributed by atoms with E-state index in [0.29, 0.717) is 15.7 Å². The molecule has 0 saturated carbocycles. The van der Waals surface area contributed by atoms with Crippen molar-refractivity contribution in [1.82, 2.24) is 5.32 Å². The fourth-order valence-corrected chi connectivity index (χ4v) is 3.21. The minimum absolute atomic E-state index is 0.146. The van der Waals surface area contributed by atoms with Crippen molar-refractivity contribution in [3.63, 3.8) is 0 Å². The van der Waals surface area contributed by atoms with Gasteiger partial charge in [-0.3, -0.25) is 4.79 Å². The summed E-state index contributed by atoms with van der Waals surface area (Å²) >= 11 is 11.9. The number of imide groups is 1. The molecule has 2 aromatic rings. The average molecular weight is 349 g/mol. The molecular weight excluding hydrogens is 335 g/mol. The summed E-state index contributed by atoms with van der Waals surface area (Å²) in [5.74, 6) is -0.461. The van der Waals surface area contributed by atoms with Gasteiger partial charge in [-0.1, -0.05) is 60.5 Å². The van der Waals surface area contributed by atoms with Crippen LogP contribution < -0.4 is 10.2 Å². The number of benzene rings is 2. The van der Waals surface area contributed by atoms with E-state index in [1.807, 2.05) is 37.3 Å². The molecule has 0 bridgehead atoms. The third-order valence-corrected chi connectivity index (χ3v) is 4.34. The van der Waals surface area contributed by atoms with Crippen LogP contribution in [-0.4, -0.2) is 18.0 Å². The smallest absolute Gasteiger partial charge is 0.325 e. The molecule has 1 saturated heterocycles.